The van der Waals surface area contributed by atoms with Crippen LogP contribution in [0.2, 0.25) is 0 Å². The van der Waals surface area contributed by atoms with Gasteiger partial charge in [0.1, 0.15) is 0 Å². The van der Waals surface area contributed by atoms with Gasteiger partial charge in [0.15, 0.2) is 5.78 Å². The van der Waals surface area contributed by atoms with Crippen molar-refractivity contribution >= 4 is 5.78 Å². The molecule has 0 radical (unpaired) electrons. The quantitative estimate of drug-likeness (QED) is 0.747. The van der Waals surface area contributed by atoms with Crippen molar-refractivity contribution in [2.75, 3.05) is 13.6 Å². The summed E-state index contributed by atoms with van der Waals surface area (Å²) in [6, 6.07) is 2.40. The molecule has 1 rings (SSSR count). The molecule has 2 unspecified atom stereocenters. The number of nitrogens with one attached hydrogen (secondary N) is 1. The highest BCUT2D eigenvalue weighted by molar-refractivity contribution is 5.97. The van der Waals surface area contributed by atoms with Crippen molar-refractivity contribution in [3.8, 4) is 6.07 Å². The second-order valence-corrected chi connectivity index (χ2v) is 4.39. The molecule has 1 aliphatic carbocycles. The Morgan fingerprint density at radius 1 is 1.60 bits per heavy atom. The number of hydrogen-bond donors (Lipinski definition) is 1. The van der Waals surface area contributed by atoms with Gasteiger partial charge in [-0.25, -0.2) is 0 Å². The number of ketones is 1. The molecule has 0 amide bonds. The summed E-state index contributed by atoms with van der Waals surface area (Å²) in [5, 5.41) is 12.4. The van der Waals surface area contributed by atoms with Crippen molar-refractivity contribution in [1.29, 1.82) is 5.26 Å². The maximum atomic E-state index is 11.6. The normalized spacial score (nSPS) is 31.7. The van der Waals surface area contributed by atoms with Gasteiger partial charge in [0.05, 0.1) is 11.5 Å². The van der Waals surface area contributed by atoms with Crippen LogP contribution in [-0.2, 0) is 4.79 Å². The van der Waals surface area contributed by atoms with E-state index in [4.69, 9.17) is 0 Å². The maximum Gasteiger partial charge on any atom is 0.158 e. The third kappa shape index (κ3) is 1.70. The van der Waals surface area contributed by atoms with Gasteiger partial charge < -0.3 is 5.32 Å². The molecule has 0 aromatic carbocycles. The van der Waals surface area contributed by atoms with E-state index in [1.54, 1.807) is 0 Å². The van der Waals surface area contributed by atoms with Crippen LogP contribution in [0.3, 0.4) is 0 Å². The minimum absolute atomic E-state index is 0.0890. The Balaban J connectivity index is 3.27. The fourth-order valence-electron chi connectivity index (χ4n) is 2.34. The van der Waals surface area contributed by atoms with Crippen LogP contribution < -0.4 is 5.32 Å². The number of allylic oxidation sites excluding steroid dienone is 1. The van der Waals surface area contributed by atoms with Gasteiger partial charge in [0, 0.05) is 13.0 Å². The van der Waals surface area contributed by atoms with Gasteiger partial charge in [-0.2, -0.15) is 5.26 Å². The van der Waals surface area contributed by atoms with Gasteiger partial charge in [0.25, 0.3) is 0 Å². The minimum atomic E-state index is -0.507. The predicted octanol–water partition coefficient (Wildman–Crippen LogP) is 1.66. The highest BCUT2D eigenvalue weighted by Crippen LogP contribution is 2.42. The van der Waals surface area contributed by atoms with E-state index >= 15 is 0 Å². The topological polar surface area (TPSA) is 52.9 Å². The Hall–Kier alpha value is -1.14. The molecule has 0 saturated heterocycles. The van der Waals surface area contributed by atoms with Gasteiger partial charge in [-0.3, -0.25) is 4.79 Å². The van der Waals surface area contributed by atoms with E-state index in [1.165, 1.54) is 0 Å². The molecule has 2 atom stereocenters. The monoisotopic (exact) mass is 206 g/mol. The van der Waals surface area contributed by atoms with Gasteiger partial charge in [-0.15, -0.1) is 0 Å². The molecule has 0 aromatic heterocycles. The van der Waals surface area contributed by atoms with Crippen LogP contribution in [0.5, 0.6) is 0 Å². The predicted molar refractivity (Wildman–Crippen MR) is 59.1 cm³/mol. The number of nitrogens with zero attached hydrogens (tertiary/aromatic N) is 1. The Bertz CT molecular complexity index is 351. The van der Waals surface area contributed by atoms with E-state index in [1.807, 2.05) is 27.8 Å². The zero-order valence-corrected chi connectivity index (χ0v) is 9.85. The van der Waals surface area contributed by atoms with E-state index < -0.39 is 5.41 Å². The van der Waals surface area contributed by atoms with Crippen molar-refractivity contribution in [1.82, 2.24) is 5.32 Å². The summed E-state index contributed by atoms with van der Waals surface area (Å²) in [5.41, 5.74) is 1.19. The van der Waals surface area contributed by atoms with Gasteiger partial charge in [-0.05, 0) is 38.0 Å². The first-order valence-corrected chi connectivity index (χ1v) is 5.26. The van der Waals surface area contributed by atoms with Crippen molar-refractivity contribution in [2.45, 2.75) is 27.2 Å². The number of Topliss-reactive ketones (excluding diaryl/α,β-unsaturated/α-hetero) is 1. The second kappa shape index (κ2) is 4.16. The Morgan fingerprint density at radius 2 is 2.20 bits per heavy atom. The van der Waals surface area contributed by atoms with E-state index in [0.29, 0.717) is 13.0 Å². The summed E-state index contributed by atoms with van der Waals surface area (Å²) in [7, 11) is 1.84. The summed E-state index contributed by atoms with van der Waals surface area (Å²) in [6.45, 7) is 6.32. The largest absolute Gasteiger partial charge is 0.318 e. The lowest BCUT2D eigenvalue weighted by molar-refractivity contribution is -0.117. The van der Waals surface area contributed by atoms with Crippen molar-refractivity contribution in [2.24, 2.45) is 11.3 Å². The zero-order chi connectivity index (χ0) is 11.6. The third-order valence-electron chi connectivity index (χ3n) is 3.64. The van der Waals surface area contributed by atoms with Crippen LogP contribution in [0, 0.1) is 22.7 Å². The third-order valence-corrected chi connectivity index (χ3v) is 3.64. The summed E-state index contributed by atoms with van der Waals surface area (Å²) in [5.74, 6) is 0.271. The summed E-state index contributed by atoms with van der Waals surface area (Å²) in [4.78, 5) is 11.6. The molecule has 1 N–H and O–H groups in total. The maximum absolute atomic E-state index is 11.6. The molecule has 0 aromatic rings. The van der Waals surface area contributed by atoms with Crippen molar-refractivity contribution in [3.63, 3.8) is 0 Å². The lowest BCUT2D eigenvalue weighted by Gasteiger charge is -2.38. The van der Waals surface area contributed by atoms with E-state index in [2.05, 4.69) is 11.4 Å². The fourth-order valence-corrected chi connectivity index (χ4v) is 2.34. The molecule has 0 heterocycles. The molecule has 0 spiro atoms. The van der Waals surface area contributed by atoms with E-state index in [9.17, 15) is 10.1 Å². The molecule has 0 bridgehead atoms. The van der Waals surface area contributed by atoms with Crippen LogP contribution in [-0.4, -0.2) is 19.4 Å². The summed E-state index contributed by atoms with van der Waals surface area (Å²) < 4.78 is 0. The average molecular weight is 206 g/mol. The molecule has 82 valence electrons. The first-order chi connectivity index (χ1) is 6.99. The van der Waals surface area contributed by atoms with Crippen molar-refractivity contribution < 1.29 is 4.79 Å². The number of carbonyl (C=O) groups excluding carboxylic acids is 1. The Kier molecular flexibility index (Phi) is 3.31. The number of nitriles is 1. The van der Waals surface area contributed by atoms with Crippen LogP contribution >= 0.6 is 0 Å². The van der Waals surface area contributed by atoms with Crippen LogP contribution in [0.25, 0.3) is 0 Å². The highest BCUT2D eigenvalue weighted by Gasteiger charge is 2.43. The first kappa shape index (κ1) is 11.9. The number of rotatable bonds is 2. The Morgan fingerprint density at radius 3 is 2.67 bits per heavy atom. The Labute approximate surface area is 91.2 Å². The fraction of sp³-hybridized carbons (Fsp3) is 0.667. The first-order valence-electron chi connectivity index (χ1n) is 5.26. The van der Waals surface area contributed by atoms with E-state index in [0.717, 1.165) is 11.1 Å². The smallest absolute Gasteiger partial charge is 0.158 e. The average Bonchev–Trinajstić information content (AvgIpc) is 2.21. The SMILES string of the molecule is CNCC1(C#N)C(C)=C(C)C(=O)CC1C. The molecule has 3 nitrogen and oxygen atoms in total. The van der Waals surface area contributed by atoms with Crippen LogP contribution in [0.4, 0.5) is 0 Å². The number of carbonyl (C=O) groups is 1. The molecule has 0 fully saturated rings. The summed E-state index contributed by atoms with van der Waals surface area (Å²) in [6.07, 6.45) is 0.485. The number of hydrogen-bond acceptors (Lipinski definition) is 3. The molecule has 1 aliphatic rings. The van der Waals surface area contributed by atoms with Crippen LogP contribution in [0.15, 0.2) is 11.1 Å². The van der Waals surface area contributed by atoms with Crippen LogP contribution in [0.1, 0.15) is 27.2 Å². The lowest BCUT2D eigenvalue weighted by Crippen LogP contribution is -2.42. The summed E-state index contributed by atoms with van der Waals surface area (Å²) >= 11 is 0. The van der Waals surface area contributed by atoms with Gasteiger partial charge in [0.2, 0.25) is 0 Å². The molecule has 0 saturated carbocycles. The molecule has 3 heteroatoms. The molecular formula is C12H18N2O. The molecule has 15 heavy (non-hydrogen) atoms. The van der Waals surface area contributed by atoms with Gasteiger partial charge >= 0.3 is 0 Å². The van der Waals surface area contributed by atoms with Gasteiger partial charge in [-0.1, -0.05) is 6.92 Å². The second-order valence-electron chi connectivity index (χ2n) is 4.39. The lowest BCUT2D eigenvalue weighted by atomic mass is 9.64. The molecular weight excluding hydrogens is 188 g/mol. The minimum Gasteiger partial charge on any atom is -0.318 e. The highest BCUT2D eigenvalue weighted by atomic mass is 16.1. The standard InChI is InChI=1S/C12H18N2O/c1-8-5-11(15)9(2)10(3)12(8,6-13)7-14-4/h8,14H,5,7H2,1-4H3. The van der Waals surface area contributed by atoms with E-state index in [-0.39, 0.29) is 11.7 Å². The van der Waals surface area contributed by atoms with Crippen molar-refractivity contribution in [3.05, 3.63) is 11.1 Å². The zero-order valence-electron chi connectivity index (χ0n) is 9.85. The molecule has 0 aliphatic heterocycles.